The van der Waals surface area contributed by atoms with Gasteiger partial charge in [0, 0.05) is 39.8 Å². The number of alkyl halides is 1. The minimum absolute atomic E-state index is 0.0800. The maximum Gasteiger partial charge on any atom is 0.408 e. The first kappa shape index (κ1) is 34.2. The lowest BCUT2D eigenvalue weighted by Gasteiger charge is -2.29. The van der Waals surface area contributed by atoms with Crippen molar-refractivity contribution in [2.75, 3.05) is 0 Å². The number of halogens is 1. The third-order valence-electron chi connectivity index (χ3n) is 9.17. The van der Waals surface area contributed by atoms with Gasteiger partial charge >= 0.3 is 6.09 Å². The summed E-state index contributed by atoms with van der Waals surface area (Å²) in [6.45, 7) is 3.83. The maximum atomic E-state index is 14.1. The summed E-state index contributed by atoms with van der Waals surface area (Å²) in [7, 11) is 0. The van der Waals surface area contributed by atoms with Crippen LogP contribution in [-0.4, -0.2) is 27.9 Å². The van der Waals surface area contributed by atoms with Crippen molar-refractivity contribution in [3.8, 4) is 0 Å². The molecule has 250 valence electrons. The summed E-state index contributed by atoms with van der Waals surface area (Å²) in [6.07, 6.45) is 3.03. The first-order valence-electron chi connectivity index (χ1n) is 16.5. The molecule has 0 radical (unpaired) electrons. The van der Waals surface area contributed by atoms with Gasteiger partial charge in [-0.2, -0.15) is 0 Å². The number of aromatic nitrogens is 1. The molecule has 0 saturated heterocycles. The molecule has 4 aromatic carbocycles. The lowest BCUT2D eigenvalue weighted by molar-refractivity contribution is -0.124. The van der Waals surface area contributed by atoms with E-state index in [9.17, 15) is 14.4 Å². The van der Waals surface area contributed by atoms with Crippen LogP contribution < -0.4 is 5.32 Å². The number of benzene rings is 4. The molecule has 0 aliphatic rings. The van der Waals surface area contributed by atoms with Crippen LogP contribution in [0.25, 0.3) is 21.9 Å². The summed E-state index contributed by atoms with van der Waals surface area (Å²) < 4.78 is 13.8. The van der Waals surface area contributed by atoms with Crippen LogP contribution in [0.1, 0.15) is 71.8 Å². The van der Waals surface area contributed by atoms with Crippen molar-refractivity contribution in [1.82, 2.24) is 9.88 Å². The monoisotopic (exact) mass is 766 g/mol. The molecule has 49 heavy (non-hydrogen) atoms. The van der Waals surface area contributed by atoms with E-state index in [1.807, 2.05) is 97.1 Å². The van der Waals surface area contributed by atoms with Crippen LogP contribution in [0.5, 0.6) is 0 Å². The van der Waals surface area contributed by atoms with Gasteiger partial charge in [0.2, 0.25) is 0 Å². The summed E-state index contributed by atoms with van der Waals surface area (Å²) in [6, 6.07) is 34.9. The Hall–Kier alpha value is -4.70. The van der Waals surface area contributed by atoms with E-state index in [4.69, 9.17) is 9.15 Å². The highest BCUT2D eigenvalue weighted by molar-refractivity contribution is 14.1. The van der Waals surface area contributed by atoms with Gasteiger partial charge in [0.05, 0.1) is 5.52 Å². The Kier molecular flexibility index (Phi) is 10.6. The molecule has 2 heterocycles. The summed E-state index contributed by atoms with van der Waals surface area (Å²) in [5.74, 6) is 0.548. The van der Waals surface area contributed by atoms with E-state index in [-0.39, 0.29) is 37.1 Å². The molecule has 2 atom stereocenters. The van der Waals surface area contributed by atoms with E-state index < -0.39 is 11.6 Å². The Morgan fingerprint density at radius 3 is 2.41 bits per heavy atom. The zero-order valence-corrected chi connectivity index (χ0v) is 29.8. The van der Waals surface area contributed by atoms with E-state index in [1.165, 1.54) is 5.56 Å². The van der Waals surface area contributed by atoms with Crippen LogP contribution in [-0.2, 0) is 27.0 Å². The van der Waals surface area contributed by atoms with E-state index in [0.717, 1.165) is 33.8 Å². The fourth-order valence-electron chi connectivity index (χ4n) is 6.43. The number of carbonyl (C=O) groups excluding carboxylic acids is 3. The molecule has 0 spiro atoms. The first-order valence-corrected chi connectivity index (χ1v) is 18.1. The Morgan fingerprint density at radius 2 is 1.61 bits per heavy atom. The molecule has 0 aliphatic heterocycles. The van der Waals surface area contributed by atoms with Crippen LogP contribution in [0.15, 0.2) is 120 Å². The molecule has 0 saturated carbocycles. The topological polar surface area (TPSA) is 90.5 Å². The highest BCUT2D eigenvalue weighted by atomic mass is 127. The molecule has 1 N–H and O–H groups in total. The Labute approximate surface area is 299 Å². The Bertz CT molecular complexity index is 2070. The van der Waals surface area contributed by atoms with Crippen molar-refractivity contribution < 1.29 is 23.5 Å². The fraction of sp³-hybridized carbons (Fsp3) is 0.244. The zero-order chi connectivity index (χ0) is 34.4. The second-order valence-corrected chi connectivity index (χ2v) is 13.5. The number of para-hydroxylation sites is 2. The molecule has 0 aliphatic carbocycles. The second-order valence-electron chi connectivity index (χ2n) is 12.7. The number of nitrogens with zero attached hydrogens (tertiary/aromatic N) is 1. The summed E-state index contributed by atoms with van der Waals surface area (Å²) in [4.78, 5) is 41.4. The average molecular weight is 767 g/mol. The molecule has 2 aromatic heterocycles. The van der Waals surface area contributed by atoms with E-state index in [2.05, 4.69) is 47.0 Å². The normalized spacial score (nSPS) is 13.2. The lowest BCUT2D eigenvalue weighted by Crippen LogP contribution is -2.54. The number of carbonyl (C=O) groups is 3. The molecule has 0 unspecified atom stereocenters. The molecule has 0 fully saturated rings. The summed E-state index contributed by atoms with van der Waals surface area (Å²) in [5.41, 5.74) is 3.73. The standard InChI is InChI=1S/C41H39IN2O5/c1-28(29-14-4-3-5-15-29)13-12-22-38(45)41(2,43-40(47)48-27-33-23-30-16-7-11-21-37(30)49-33)24-32-26-44(36-20-10-9-18-34(32)36)39(46)35-19-8-6-17-31(35)25-42/h3-11,14-21,23,26,28H,12-13,22,24-25,27H2,1-2H3,(H,43,47)/t28-,41-/m1/s1. The molecule has 6 aromatic rings. The Balaban J connectivity index is 1.25. The minimum atomic E-state index is -1.31. The number of ketones is 1. The molecular formula is C41H39IN2O5. The molecule has 8 heteroatoms. The molecule has 7 nitrogen and oxygen atoms in total. The number of fused-ring (bicyclic) bond motifs is 2. The van der Waals surface area contributed by atoms with Gasteiger partial charge < -0.3 is 14.5 Å². The number of ether oxygens (including phenoxy) is 1. The highest BCUT2D eigenvalue weighted by Gasteiger charge is 2.36. The lowest BCUT2D eigenvalue weighted by atomic mass is 9.85. The number of alkyl carbamates (subject to hydrolysis) is 1. The van der Waals surface area contributed by atoms with Crippen molar-refractivity contribution in [3.63, 3.8) is 0 Å². The van der Waals surface area contributed by atoms with Crippen LogP contribution >= 0.6 is 22.6 Å². The van der Waals surface area contributed by atoms with Gasteiger partial charge in [-0.05, 0) is 66.6 Å². The quantitative estimate of drug-likeness (QED) is 0.0934. The number of amides is 1. The molecule has 1 amide bonds. The van der Waals surface area contributed by atoms with Crippen LogP contribution in [0.4, 0.5) is 4.79 Å². The van der Waals surface area contributed by atoms with Gasteiger partial charge in [-0.1, -0.05) is 114 Å². The maximum absolute atomic E-state index is 14.1. The number of furan rings is 1. The number of rotatable bonds is 13. The van der Waals surface area contributed by atoms with Gasteiger partial charge in [0.15, 0.2) is 12.4 Å². The van der Waals surface area contributed by atoms with Crippen molar-refractivity contribution in [2.24, 2.45) is 0 Å². The minimum Gasteiger partial charge on any atom is -0.457 e. The van der Waals surface area contributed by atoms with E-state index in [1.54, 1.807) is 17.7 Å². The summed E-state index contributed by atoms with van der Waals surface area (Å²) in [5, 5.41) is 4.68. The third kappa shape index (κ3) is 7.80. The van der Waals surface area contributed by atoms with E-state index >= 15 is 0 Å². The van der Waals surface area contributed by atoms with Crippen molar-refractivity contribution in [1.29, 1.82) is 0 Å². The van der Waals surface area contributed by atoms with Gasteiger partial charge in [0.25, 0.3) is 5.91 Å². The first-order chi connectivity index (χ1) is 23.8. The smallest absolute Gasteiger partial charge is 0.408 e. The largest absolute Gasteiger partial charge is 0.457 e. The molecular weight excluding hydrogens is 727 g/mol. The highest BCUT2D eigenvalue weighted by Crippen LogP contribution is 2.29. The SMILES string of the molecule is C[C@H](CCCC(=O)[C@@](C)(Cc1cn(C(=O)c2ccccc2CI)c2ccccc12)NC(=O)OCc1cc2ccccc2o1)c1ccccc1. The number of hydrogen-bond acceptors (Lipinski definition) is 5. The number of hydrogen-bond donors (Lipinski definition) is 1. The number of nitrogens with one attached hydrogen (secondary N) is 1. The molecule has 0 bridgehead atoms. The van der Waals surface area contributed by atoms with Crippen molar-refractivity contribution in [3.05, 3.63) is 143 Å². The van der Waals surface area contributed by atoms with Crippen LogP contribution in [0.3, 0.4) is 0 Å². The molecule has 6 rings (SSSR count). The summed E-state index contributed by atoms with van der Waals surface area (Å²) >= 11 is 2.27. The van der Waals surface area contributed by atoms with Crippen molar-refractivity contribution in [2.45, 2.75) is 62.0 Å². The predicted molar refractivity (Wildman–Crippen MR) is 201 cm³/mol. The van der Waals surface area contributed by atoms with Gasteiger partial charge in [-0.15, -0.1) is 0 Å². The van der Waals surface area contributed by atoms with Crippen LogP contribution in [0, 0.1) is 0 Å². The Morgan fingerprint density at radius 1 is 0.898 bits per heavy atom. The van der Waals surface area contributed by atoms with Gasteiger partial charge in [-0.3, -0.25) is 14.2 Å². The zero-order valence-electron chi connectivity index (χ0n) is 27.7. The predicted octanol–water partition coefficient (Wildman–Crippen LogP) is 9.78. The van der Waals surface area contributed by atoms with Gasteiger partial charge in [0.1, 0.15) is 16.9 Å². The van der Waals surface area contributed by atoms with Crippen LogP contribution in [0.2, 0.25) is 0 Å². The second kappa shape index (κ2) is 15.2. The average Bonchev–Trinajstić information content (AvgIpc) is 3.72. The van der Waals surface area contributed by atoms with E-state index in [0.29, 0.717) is 27.8 Å². The van der Waals surface area contributed by atoms with Gasteiger partial charge in [-0.25, -0.2) is 4.79 Å². The van der Waals surface area contributed by atoms with Crippen molar-refractivity contribution >= 4 is 62.2 Å². The fourth-order valence-corrected chi connectivity index (χ4v) is 7.09. The number of Topliss-reactive ketones (excluding diaryl/α,β-unsaturated/α-hetero) is 1. The third-order valence-corrected chi connectivity index (χ3v) is 10.00.